The van der Waals surface area contributed by atoms with Gasteiger partial charge in [-0.25, -0.2) is 9.59 Å². The van der Waals surface area contributed by atoms with E-state index < -0.39 is 23.7 Å². The number of hydrogen-bond donors (Lipinski definition) is 1. The van der Waals surface area contributed by atoms with Gasteiger partial charge in [-0.2, -0.15) is 0 Å². The maximum atomic E-state index is 12.3. The fourth-order valence-corrected chi connectivity index (χ4v) is 2.95. The number of benzene rings is 1. The zero-order valence-corrected chi connectivity index (χ0v) is 16.0. The van der Waals surface area contributed by atoms with Crippen LogP contribution in [0.1, 0.15) is 26.3 Å². The van der Waals surface area contributed by atoms with Gasteiger partial charge in [0, 0.05) is 26.2 Å². The van der Waals surface area contributed by atoms with Crippen LogP contribution in [0.3, 0.4) is 0 Å². The molecule has 6 nitrogen and oxygen atoms in total. The van der Waals surface area contributed by atoms with Crippen molar-refractivity contribution in [1.29, 1.82) is 0 Å². The van der Waals surface area contributed by atoms with E-state index >= 15 is 0 Å². The number of carboxylic acids is 1. The number of piperazine rings is 1. The highest BCUT2D eigenvalue weighted by Gasteiger charge is 2.37. The van der Waals surface area contributed by atoms with Gasteiger partial charge in [-0.1, -0.05) is 29.3 Å². The molecule has 1 saturated heterocycles. The Balaban J connectivity index is 2.06. The summed E-state index contributed by atoms with van der Waals surface area (Å²) in [5.41, 5.74) is 0.265. The Bertz CT molecular complexity index is 661. The highest BCUT2D eigenvalue weighted by Crippen LogP contribution is 2.24. The minimum atomic E-state index is -1.05. The van der Waals surface area contributed by atoms with Crippen LogP contribution in [-0.2, 0) is 16.1 Å². The van der Waals surface area contributed by atoms with Crippen LogP contribution in [-0.4, -0.2) is 58.2 Å². The van der Waals surface area contributed by atoms with E-state index in [1.807, 2.05) is 11.0 Å². The summed E-state index contributed by atoms with van der Waals surface area (Å²) in [4.78, 5) is 27.1. The fourth-order valence-electron chi connectivity index (χ4n) is 2.63. The maximum Gasteiger partial charge on any atom is 0.411 e. The number of rotatable bonds is 3. The Labute approximate surface area is 157 Å². The molecule has 138 valence electrons. The highest BCUT2D eigenvalue weighted by molar-refractivity contribution is 6.42. The van der Waals surface area contributed by atoms with Gasteiger partial charge in [0.25, 0.3) is 0 Å². The van der Waals surface area contributed by atoms with Crippen molar-refractivity contribution >= 4 is 35.3 Å². The average molecular weight is 389 g/mol. The standard InChI is InChI=1S/C17H22Cl2N2O4/c1-17(2,3)25-16(24)21-7-6-20(10-14(21)15(22)23)9-11-4-5-12(18)13(19)8-11/h4-5,8,14H,6-7,9-10H2,1-3H3,(H,22,23)/t14-/m1/s1. The lowest BCUT2D eigenvalue weighted by molar-refractivity contribution is -0.145. The van der Waals surface area contributed by atoms with E-state index in [4.69, 9.17) is 27.9 Å². The normalized spacial score (nSPS) is 18.9. The molecule has 1 fully saturated rings. The summed E-state index contributed by atoms with van der Waals surface area (Å²) in [5, 5.41) is 10.4. The predicted octanol–water partition coefficient (Wildman–Crippen LogP) is 3.50. The van der Waals surface area contributed by atoms with Crippen molar-refractivity contribution in [3.63, 3.8) is 0 Å². The second-order valence-electron chi connectivity index (χ2n) is 7.01. The van der Waals surface area contributed by atoms with Crippen molar-refractivity contribution in [1.82, 2.24) is 9.80 Å². The molecule has 1 amide bonds. The molecule has 1 atom stereocenters. The third-order valence-corrected chi connectivity index (χ3v) is 4.51. The van der Waals surface area contributed by atoms with E-state index in [1.54, 1.807) is 32.9 Å². The summed E-state index contributed by atoms with van der Waals surface area (Å²) in [6.45, 7) is 6.83. The Morgan fingerprint density at radius 3 is 2.48 bits per heavy atom. The number of aliphatic carboxylic acids is 1. The molecular weight excluding hydrogens is 367 g/mol. The highest BCUT2D eigenvalue weighted by atomic mass is 35.5. The van der Waals surface area contributed by atoms with E-state index in [0.29, 0.717) is 23.1 Å². The topological polar surface area (TPSA) is 70.1 Å². The molecule has 0 bridgehead atoms. The smallest absolute Gasteiger partial charge is 0.411 e. The van der Waals surface area contributed by atoms with E-state index in [2.05, 4.69) is 0 Å². The second-order valence-corrected chi connectivity index (χ2v) is 7.83. The van der Waals surface area contributed by atoms with Crippen LogP contribution in [0.5, 0.6) is 0 Å². The third kappa shape index (κ3) is 5.49. The number of carboxylic acid groups (broad SMARTS) is 1. The number of carbonyl (C=O) groups is 2. The van der Waals surface area contributed by atoms with Crippen molar-refractivity contribution in [2.24, 2.45) is 0 Å². The number of halogens is 2. The molecule has 0 unspecified atom stereocenters. The maximum absolute atomic E-state index is 12.3. The summed E-state index contributed by atoms with van der Waals surface area (Å²) >= 11 is 11.9. The Morgan fingerprint density at radius 2 is 1.92 bits per heavy atom. The molecule has 0 aliphatic carbocycles. The van der Waals surface area contributed by atoms with Crippen molar-refractivity contribution < 1.29 is 19.4 Å². The zero-order valence-electron chi connectivity index (χ0n) is 14.5. The molecule has 0 spiro atoms. The Kier molecular flexibility index (Phi) is 6.19. The molecule has 1 aromatic carbocycles. The van der Waals surface area contributed by atoms with Gasteiger partial charge in [0.15, 0.2) is 0 Å². The van der Waals surface area contributed by atoms with Crippen LogP contribution < -0.4 is 0 Å². The van der Waals surface area contributed by atoms with Crippen molar-refractivity contribution in [2.45, 2.75) is 39.0 Å². The number of ether oxygens (including phenoxy) is 1. The van der Waals surface area contributed by atoms with Gasteiger partial charge in [0.05, 0.1) is 10.0 Å². The number of nitrogens with zero attached hydrogens (tertiary/aromatic N) is 2. The summed E-state index contributed by atoms with van der Waals surface area (Å²) < 4.78 is 5.31. The van der Waals surface area contributed by atoms with Gasteiger partial charge in [0.1, 0.15) is 11.6 Å². The quantitative estimate of drug-likeness (QED) is 0.857. The van der Waals surface area contributed by atoms with E-state index in [-0.39, 0.29) is 13.1 Å². The molecule has 1 heterocycles. The van der Waals surface area contributed by atoms with Crippen molar-refractivity contribution in [2.75, 3.05) is 19.6 Å². The van der Waals surface area contributed by atoms with E-state index in [9.17, 15) is 14.7 Å². The summed E-state index contributed by atoms with van der Waals surface area (Å²) in [5.74, 6) is -1.05. The van der Waals surface area contributed by atoms with E-state index in [0.717, 1.165) is 5.56 Å². The average Bonchev–Trinajstić information content (AvgIpc) is 2.49. The SMILES string of the molecule is CC(C)(C)OC(=O)N1CCN(Cc2ccc(Cl)c(Cl)c2)C[C@@H]1C(=O)O. The van der Waals surface area contributed by atoms with Gasteiger partial charge in [-0.05, 0) is 38.5 Å². The summed E-state index contributed by atoms with van der Waals surface area (Å²) in [6, 6.07) is 4.38. The molecule has 2 rings (SSSR count). The minimum absolute atomic E-state index is 0.217. The third-order valence-electron chi connectivity index (χ3n) is 3.77. The van der Waals surface area contributed by atoms with Crippen molar-refractivity contribution in [3.8, 4) is 0 Å². The Morgan fingerprint density at radius 1 is 1.24 bits per heavy atom. The molecule has 0 radical (unpaired) electrons. The van der Waals surface area contributed by atoms with E-state index in [1.165, 1.54) is 4.90 Å². The summed E-state index contributed by atoms with van der Waals surface area (Å²) in [6.07, 6.45) is -0.603. The lowest BCUT2D eigenvalue weighted by Crippen LogP contribution is -2.58. The molecule has 0 saturated carbocycles. The van der Waals surface area contributed by atoms with Crippen LogP contribution in [0, 0.1) is 0 Å². The van der Waals surface area contributed by atoms with Crippen LogP contribution in [0.25, 0.3) is 0 Å². The first-order valence-corrected chi connectivity index (χ1v) is 8.71. The molecule has 1 N–H and O–H groups in total. The van der Waals surface area contributed by atoms with Gasteiger partial charge in [0.2, 0.25) is 0 Å². The Hall–Kier alpha value is -1.50. The van der Waals surface area contributed by atoms with Gasteiger partial charge >= 0.3 is 12.1 Å². The lowest BCUT2D eigenvalue weighted by Gasteiger charge is -2.39. The molecule has 25 heavy (non-hydrogen) atoms. The van der Waals surface area contributed by atoms with Crippen LogP contribution in [0.15, 0.2) is 18.2 Å². The largest absolute Gasteiger partial charge is 0.480 e. The molecule has 8 heteroatoms. The molecule has 1 aromatic rings. The van der Waals surface area contributed by atoms with Gasteiger partial charge in [-0.3, -0.25) is 9.80 Å². The summed E-state index contributed by atoms with van der Waals surface area (Å²) in [7, 11) is 0. The predicted molar refractivity (Wildman–Crippen MR) is 96.1 cm³/mol. The minimum Gasteiger partial charge on any atom is -0.480 e. The number of amides is 1. The van der Waals surface area contributed by atoms with Gasteiger partial charge < -0.3 is 9.84 Å². The molecular formula is C17H22Cl2N2O4. The monoisotopic (exact) mass is 388 g/mol. The van der Waals surface area contributed by atoms with Crippen LogP contribution >= 0.6 is 23.2 Å². The van der Waals surface area contributed by atoms with Crippen LogP contribution in [0.2, 0.25) is 10.0 Å². The fraction of sp³-hybridized carbons (Fsp3) is 0.529. The first kappa shape index (κ1) is 19.8. The number of hydrogen-bond acceptors (Lipinski definition) is 4. The molecule has 0 aromatic heterocycles. The lowest BCUT2D eigenvalue weighted by atomic mass is 10.1. The van der Waals surface area contributed by atoms with Crippen molar-refractivity contribution in [3.05, 3.63) is 33.8 Å². The van der Waals surface area contributed by atoms with Crippen LogP contribution in [0.4, 0.5) is 4.79 Å². The number of carbonyl (C=O) groups excluding carboxylic acids is 1. The zero-order chi connectivity index (χ0) is 18.8. The second kappa shape index (κ2) is 7.81. The first-order valence-electron chi connectivity index (χ1n) is 7.95. The molecule has 1 aliphatic rings. The molecule has 1 aliphatic heterocycles. The van der Waals surface area contributed by atoms with Gasteiger partial charge in [-0.15, -0.1) is 0 Å². The first-order chi connectivity index (χ1) is 11.6.